The van der Waals surface area contributed by atoms with Crippen LogP contribution in [0.2, 0.25) is 0 Å². The Bertz CT molecular complexity index is 1060. The molecule has 0 bridgehead atoms. The summed E-state index contributed by atoms with van der Waals surface area (Å²) in [6.07, 6.45) is 0.664. The maximum Gasteiger partial charge on any atom is 0.422 e. The number of imidazole rings is 1. The first kappa shape index (κ1) is 21.6. The van der Waals surface area contributed by atoms with Crippen LogP contribution in [0.1, 0.15) is 11.3 Å². The van der Waals surface area contributed by atoms with Gasteiger partial charge in [0, 0.05) is 24.2 Å². The predicted octanol–water partition coefficient (Wildman–Crippen LogP) is 4.53. The number of aromatic amines is 2. The first-order chi connectivity index (χ1) is 14.3. The van der Waals surface area contributed by atoms with Crippen molar-refractivity contribution < 1.29 is 22.1 Å². The number of hydrogen-bond donors (Lipinski definition) is 2. The van der Waals surface area contributed by atoms with E-state index in [-0.39, 0.29) is 11.5 Å². The van der Waals surface area contributed by atoms with Crippen molar-refractivity contribution in [3.63, 3.8) is 0 Å². The second-order valence-electron chi connectivity index (χ2n) is 6.22. The van der Waals surface area contributed by atoms with E-state index in [2.05, 4.69) is 19.9 Å². The van der Waals surface area contributed by atoms with Gasteiger partial charge in [-0.3, -0.25) is 9.19 Å². The van der Waals surface area contributed by atoms with Gasteiger partial charge in [0.15, 0.2) is 11.8 Å². The van der Waals surface area contributed by atoms with Crippen LogP contribution in [0.4, 0.5) is 13.2 Å². The van der Waals surface area contributed by atoms with Gasteiger partial charge in [-0.2, -0.15) is 13.2 Å². The van der Waals surface area contributed by atoms with Crippen LogP contribution in [-0.2, 0) is 16.6 Å². The summed E-state index contributed by atoms with van der Waals surface area (Å²) in [5.74, 6) is 0.0958. The number of pyridine rings is 1. The molecule has 6 nitrogen and oxygen atoms in total. The Morgan fingerprint density at radius 3 is 2.47 bits per heavy atom. The molecule has 4 aromatic rings. The van der Waals surface area contributed by atoms with E-state index in [9.17, 15) is 17.4 Å². The van der Waals surface area contributed by atoms with Crippen LogP contribution in [0.25, 0.3) is 11.0 Å². The monoisotopic (exact) mass is 436 g/mol. The predicted molar refractivity (Wildman–Crippen MR) is 108 cm³/mol. The number of fused-ring (bicyclic) bond motifs is 1. The average molecular weight is 436 g/mol. The summed E-state index contributed by atoms with van der Waals surface area (Å²) in [6.45, 7) is 0.202. The van der Waals surface area contributed by atoms with Gasteiger partial charge in [0.2, 0.25) is 0 Å². The van der Waals surface area contributed by atoms with Crippen molar-refractivity contribution in [3.8, 4) is 5.75 Å². The van der Waals surface area contributed by atoms with Gasteiger partial charge < -0.3 is 14.7 Å². The summed E-state index contributed by atoms with van der Waals surface area (Å²) in [4.78, 5) is 14.2. The zero-order valence-electron chi connectivity index (χ0n) is 15.9. The standard InChI is InChI=1S/C16H14F3N3O2S.C4H5N/c1-10-13(20-7-6-14(10)24-9-16(17,18)19)8-25(23)15-21-11-4-2-3-5-12(11)22-15;1-2-4-5-3-1/h2-7H,8-9H2,1H3,(H,21,22);1-5H. The summed E-state index contributed by atoms with van der Waals surface area (Å²) in [5, 5.41) is 0.295. The smallest absolute Gasteiger partial charge is 0.422 e. The topological polar surface area (TPSA) is 83.7 Å². The molecule has 3 aromatic heterocycles. The SMILES string of the molecule is Cc1c(OCC(F)(F)F)ccnc1CS(=O)c1nc2ccccc2[nH]1.c1cc[nH]c1. The van der Waals surface area contributed by atoms with Crippen LogP contribution in [-0.4, -0.2) is 36.9 Å². The molecule has 0 saturated heterocycles. The highest BCUT2D eigenvalue weighted by atomic mass is 32.2. The maximum absolute atomic E-state index is 12.5. The molecule has 1 unspecified atom stereocenters. The Kier molecular flexibility index (Phi) is 6.88. The number of para-hydroxylation sites is 2. The molecule has 3 heterocycles. The Hall–Kier alpha value is -3.14. The number of benzene rings is 1. The summed E-state index contributed by atoms with van der Waals surface area (Å²) in [6, 6.07) is 12.5. The first-order valence-electron chi connectivity index (χ1n) is 8.88. The van der Waals surface area contributed by atoms with Gasteiger partial charge in [-0.25, -0.2) is 4.98 Å². The minimum absolute atomic E-state index is 0.0227. The minimum Gasteiger partial charge on any atom is -0.484 e. The highest BCUT2D eigenvalue weighted by Crippen LogP contribution is 2.24. The second-order valence-corrected chi connectivity index (χ2v) is 7.58. The van der Waals surface area contributed by atoms with E-state index in [1.54, 1.807) is 13.0 Å². The lowest BCUT2D eigenvalue weighted by molar-refractivity contribution is -0.153. The van der Waals surface area contributed by atoms with E-state index in [0.29, 0.717) is 21.9 Å². The number of ether oxygens (including phenoxy) is 1. The van der Waals surface area contributed by atoms with E-state index in [1.165, 1.54) is 12.3 Å². The van der Waals surface area contributed by atoms with Crippen molar-refractivity contribution in [2.75, 3.05) is 6.61 Å². The third-order valence-electron chi connectivity index (χ3n) is 4.00. The van der Waals surface area contributed by atoms with Crippen LogP contribution in [0, 0.1) is 6.92 Å². The lowest BCUT2D eigenvalue weighted by Crippen LogP contribution is -2.19. The summed E-state index contributed by atoms with van der Waals surface area (Å²) < 4.78 is 54.2. The Balaban J connectivity index is 0.000000448. The molecule has 30 heavy (non-hydrogen) atoms. The Morgan fingerprint density at radius 2 is 1.83 bits per heavy atom. The number of rotatable bonds is 5. The average Bonchev–Trinajstić information content (AvgIpc) is 3.41. The van der Waals surface area contributed by atoms with Gasteiger partial charge in [-0.1, -0.05) is 12.1 Å². The number of nitrogens with zero attached hydrogens (tertiary/aromatic N) is 2. The molecule has 10 heteroatoms. The molecule has 158 valence electrons. The molecule has 0 amide bonds. The van der Waals surface area contributed by atoms with E-state index in [0.717, 1.165) is 5.52 Å². The van der Waals surface area contributed by atoms with Gasteiger partial charge in [0.05, 0.1) is 33.3 Å². The zero-order valence-corrected chi connectivity index (χ0v) is 16.8. The summed E-state index contributed by atoms with van der Waals surface area (Å²) >= 11 is 0. The van der Waals surface area contributed by atoms with Crippen molar-refractivity contribution in [2.24, 2.45) is 0 Å². The van der Waals surface area contributed by atoms with E-state index < -0.39 is 23.6 Å². The highest BCUT2D eigenvalue weighted by molar-refractivity contribution is 7.84. The highest BCUT2D eigenvalue weighted by Gasteiger charge is 2.29. The lowest BCUT2D eigenvalue weighted by atomic mass is 10.2. The lowest BCUT2D eigenvalue weighted by Gasteiger charge is -2.13. The zero-order chi connectivity index (χ0) is 21.6. The van der Waals surface area contributed by atoms with Crippen LogP contribution in [0.3, 0.4) is 0 Å². The maximum atomic E-state index is 12.5. The van der Waals surface area contributed by atoms with Crippen LogP contribution in [0.15, 0.2) is 66.2 Å². The van der Waals surface area contributed by atoms with Gasteiger partial charge >= 0.3 is 6.18 Å². The van der Waals surface area contributed by atoms with Crippen molar-refractivity contribution >= 4 is 21.8 Å². The molecule has 4 rings (SSSR count). The minimum atomic E-state index is -4.42. The Morgan fingerprint density at radius 1 is 1.10 bits per heavy atom. The third-order valence-corrected chi connectivity index (χ3v) is 5.16. The number of aromatic nitrogens is 4. The molecule has 0 saturated carbocycles. The number of nitrogens with one attached hydrogen (secondary N) is 2. The van der Waals surface area contributed by atoms with Gasteiger partial charge in [0.1, 0.15) is 5.75 Å². The van der Waals surface area contributed by atoms with Crippen LogP contribution in [0.5, 0.6) is 5.75 Å². The van der Waals surface area contributed by atoms with Crippen molar-refractivity contribution in [2.45, 2.75) is 24.0 Å². The van der Waals surface area contributed by atoms with E-state index in [4.69, 9.17) is 4.74 Å². The number of hydrogen-bond acceptors (Lipinski definition) is 4. The first-order valence-corrected chi connectivity index (χ1v) is 10.2. The number of H-pyrrole nitrogens is 2. The quantitative estimate of drug-likeness (QED) is 0.482. The third kappa shape index (κ3) is 5.93. The largest absolute Gasteiger partial charge is 0.484 e. The molecule has 2 N–H and O–H groups in total. The summed E-state index contributed by atoms with van der Waals surface area (Å²) in [7, 11) is -1.51. The Labute approximate surface area is 173 Å². The van der Waals surface area contributed by atoms with Crippen molar-refractivity contribution in [1.29, 1.82) is 0 Å². The fourth-order valence-corrected chi connectivity index (χ4v) is 3.63. The van der Waals surface area contributed by atoms with Gasteiger partial charge in [-0.05, 0) is 37.3 Å². The fourth-order valence-electron chi connectivity index (χ4n) is 2.53. The van der Waals surface area contributed by atoms with E-state index in [1.807, 2.05) is 42.7 Å². The molecular weight excluding hydrogens is 417 g/mol. The molecule has 0 aliphatic carbocycles. The number of halogens is 3. The van der Waals surface area contributed by atoms with Crippen molar-refractivity contribution in [1.82, 2.24) is 19.9 Å². The molecular formula is C20H19F3N4O2S. The molecule has 0 fully saturated rings. The van der Waals surface area contributed by atoms with Gasteiger partial charge in [-0.15, -0.1) is 0 Å². The fraction of sp³-hybridized carbons (Fsp3) is 0.200. The van der Waals surface area contributed by atoms with Crippen LogP contribution < -0.4 is 4.74 Å². The molecule has 0 aliphatic heterocycles. The van der Waals surface area contributed by atoms with E-state index >= 15 is 0 Å². The van der Waals surface area contributed by atoms with Crippen molar-refractivity contribution in [3.05, 3.63) is 72.3 Å². The van der Waals surface area contributed by atoms with Gasteiger partial charge in [0.25, 0.3) is 0 Å². The molecule has 0 radical (unpaired) electrons. The molecule has 0 spiro atoms. The molecule has 1 aromatic carbocycles. The normalized spacial score (nSPS) is 12.3. The number of alkyl halides is 3. The van der Waals surface area contributed by atoms with Crippen LogP contribution >= 0.6 is 0 Å². The summed E-state index contributed by atoms with van der Waals surface area (Å²) in [5.41, 5.74) is 2.28. The second kappa shape index (κ2) is 9.57. The molecule has 0 aliphatic rings. The molecule has 1 atom stereocenters.